The minimum absolute atomic E-state index is 0.0647. The van der Waals surface area contributed by atoms with Gasteiger partial charge in [-0.25, -0.2) is 0 Å². The van der Waals surface area contributed by atoms with E-state index in [-0.39, 0.29) is 31.1 Å². The van der Waals surface area contributed by atoms with Crippen LogP contribution in [0.1, 0.15) is 412 Å². The van der Waals surface area contributed by atoms with Crippen LogP contribution in [-0.4, -0.2) is 37.2 Å². The monoisotopic (exact) mass is 1100 g/mol. The second-order valence-corrected chi connectivity index (χ2v) is 24.5. The maximum Gasteiger partial charge on any atom is 0.306 e. The van der Waals surface area contributed by atoms with Crippen molar-refractivity contribution in [1.29, 1.82) is 0 Å². The standard InChI is InChI=1S/C72H138O6/c1-4-7-10-13-16-19-21-23-25-27-29-31-32-33-34-35-36-37-38-39-40-42-43-45-47-49-51-53-56-59-62-65-71(74)77-68-69(67-76-70(73)64-61-58-55-18-15-12-9-6-3)78-72(75)66-63-60-57-54-52-50-48-46-44-41-30-28-26-24-22-20-17-14-11-8-5-2/h28,30,69H,4-27,29,31-68H2,1-3H3/b30-28-. The highest BCUT2D eigenvalue weighted by atomic mass is 16.6. The number of carbonyl (C=O) groups excluding carboxylic acids is 3. The van der Waals surface area contributed by atoms with Crippen molar-refractivity contribution in [2.24, 2.45) is 0 Å². The van der Waals surface area contributed by atoms with Gasteiger partial charge in [-0.1, -0.05) is 360 Å². The number of carbonyl (C=O) groups is 3. The van der Waals surface area contributed by atoms with E-state index in [2.05, 4.69) is 32.9 Å². The highest BCUT2D eigenvalue weighted by molar-refractivity contribution is 5.71. The molecule has 0 radical (unpaired) electrons. The molecule has 78 heavy (non-hydrogen) atoms. The smallest absolute Gasteiger partial charge is 0.306 e. The topological polar surface area (TPSA) is 78.9 Å². The Balaban J connectivity index is 4.00. The number of hydrogen-bond donors (Lipinski definition) is 0. The highest BCUT2D eigenvalue weighted by Crippen LogP contribution is 2.19. The summed E-state index contributed by atoms with van der Waals surface area (Å²) in [5.41, 5.74) is 0. The minimum atomic E-state index is -0.766. The van der Waals surface area contributed by atoms with Gasteiger partial charge < -0.3 is 14.2 Å². The van der Waals surface area contributed by atoms with Crippen LogP contribution in [0.5, 0.6) is 0 Å². The molecular weight excluding hydrogens is 961 g/mol. The van der Waals surface area contributed by atoms with Crippen molar-refractivity contribution >= 4 is 17.9 Å². The van der Waals surface area contributed by atoms with E-state index in [1.54, 1.807) is 0 Å². The molecule has 0 aromatic carbocycles. The molecule has 0 heterocycles. The highest BCUT2D eigenvalue weighted by Gasteiger charge is 2.19. The van der Waals surface area contributed by atoms with Gasteiger partial charge >= 0.3 is 17.9 Å². The number of ether oxygens (including phenoxy) is 3. The number of rotatable bonds is 67. The summed E-state index contributed by atoms with van der Waals surface area (Å²) in [7, 11) is 0. The lowest BCUT2D eigenvalue weighted by atomic mass is 10.0. The summed E-state index contributed by atoms with van der Waals surface area (Å²) in [6.07, 6.45) is 81.4. The van der Waals surface area contributed by atoms with E-state index >= 15 is 0 Å². The quantitative estimate of drug-likeness (QED) is 0.0261. The molecule has 0 saturated heterocycles. The molecule has 0 fully saturated rings. The average molecular weight is 1100 g/mol. The lowest BCUT2D eigenvalue weighted by Gasteiger charge is -2.18. The van der Waals surface area contributed by atoms with Crippen LogP contribution in [0.25, 0.3) is 0 Å². The Morgan fingerprint density at radius 3 is 0.641 bits per heavy atom. The maximum atomic E-state index is 12.9. The first-order valence-electron chi connectivity index (χ1n) is 35.7. The SMILES string of the molecule is CCCCCCCCCC/C=C\CCCCCCCCCCCC(=O)OC(COC(=O)CCCCCCCCCC)COC(=O)CCCCCCCCCCCCCCCCCCCCCCCCCCCCCCCCC. The molecule has 0 rings (SSSR count). The summed E-state index contributed by atoms with van der Waals surface area (Å²) >= 11 is 0. The van der Waals surface area contributed by atoms with Crippen LogP contribution in [0.4, 0.5) is 0 Å². The van der Waals surface area contributed by atoms with Crippen LogP contribution in [0.15, 0.2) is 12.2 Å². The zero-order valence-corrected chi connectivity index (χ0v) is 53.2. The fourth-order valence-electron chi connectivity index (χ4n) is 11.2. The van der Waals surface area contributed by atoms with E-state index in [1.165, 1.54) is 315 Å². The molecule has 6 heteroatoms. The Kier molecular flexibility index (Phi) is 66.0. The van der Waals surface area contributed by atoms with E-state index in [1.807, 2.05) is 0 Å². The molecule has 0 aromatic heterocycles. The molecule has 0 amide bonds. The molecule has 0 saturated carbocycles. The molecule has 0 N–H and O–H groups in total. The Labute approximate surface area is 488 Å². The molecule has 0 spiro atoms. The zero-order chi connectivity index (χ0) is 56.4. The first-order chi connectivity index (χ1) is 38.5. The van der Waals surface area contributed by atoms with Crippen molar-refractivity contribution in [3.05, 3.63) is 12.2 Å². The Hall–Kier alpha value is -1.85. The van der Waals surface area contributed by atoms with Crippen molar-refractivity contribution in [2.45, 2.75) is 419 Å². The van der Waals surface area contributed by atoms with Gasteiger partial charge in [0.15, 0.2) is 6.10 Å². The van der Waals surface area contributed by atoms with Crippen LogP contribution in [-0.2, 0) is 28.6 Å². The van der Waals surface area contributed by atoms with E-state index < -0.39 is 6.10 Å². The third kappa shape index (κ3) is 65.0. The second kappa shape index (κ2) is 67.7. The molecule has 0 aliphatic heterocycles. The van der Waals surface area contributed by atoms with Crippen molar-refractivity contribution in [2.75, 3.05) is 13.2 Å². The lowest BCUT2D eigenvalue weighted by molar-refractivity contribution is -0.167. The summed E-state index contributed by atoms with van der Waals surface area (Å²) in [6, 6.07) is 0. The van der Waals surface area contributed by atoms with Crippen LogP contribution in [0.3, 0.4) is 0 Å². The van der Waals surface area contributed by atoms with Gasteiger partial charge in [0, 0.05) is 19.3 Å². The summed E-state index contributed by atoms with van der Waals surface area (Å²) in [6.45, 7) is 6.69. The molecule has 1 unspecified atom stereocenters. The Morgan fingerprint density at radius 2 is 0.423 bits per heavy atom. The maximum absolute atomic E-state index is 12.9. The molecule has 0 aliphatic carbocycles. The van der Waals surface area contributed by atoms with Crippen LogP contribution < -0.4 is 0 Å². The fourth-order valence-corrected chi connectivity index (χ4v) is 11.2. The van der Waals surface area contributed by atoms with Gasteiger partial charge in [-0.15, -0.1) is 0 Å². The third-order valence-electron chi connectivity index (χ3n) is 16.5. The van der Waals surface area contributed by atoms with E-state index in [0.717, 1.165) is 57.8 Å². The molecule has 6 nitrogen and oxygen atoms in total. The largest absolute Gasteiger partial charge is 0.462 e. The number of allylic oxidation sites excluding steroid dienone is 2. The van der Waals surface area contributed by atoms with Gasteiger partial charge in [-0.3, -0.25) is 14.4 Å². The molecule has 1 atom stereocenters. The predicted molar refractivity (Wildman–Crippen MR) is 340 cm³/mol. The van der Waals surface area contributed by atoms with Gasteiger partial charge in [0.1, 0.15) is 13.2 Å². The molecule has 0 aliphatic rings. The summed E-state index contributed by atoms with van der Waals surface area (Å²) in [4.78, 5) is 38.2. The van der Waals surface area contributed by atoms with E-state index in [0.29, 0.717) is 19.3 Å². The Morgan fingerprint density at radius 1 is 0.244 bits per heavy atom. The number of esters is 3. The number of hydrogen-bond acceptors (Lipinski definition) is 6. The van der Waals surface area contributed by atoms with Crippen LogP contribution in [0, 0.1) is 0 Å². The fraction of sp³-hybridized carbons (Fsp3) is 0.931. The van der Waals surface area contributed by atoms with Gasteiger partial charge in [0.25, 0.3) is 0 Å². The van der Waals surface area contributed by atoms with Crippen LogP contribution in [0.2, 0.25) is 0 Å². The number of unbranched alkanes of at least 4 members (excludes halogenated alkanes) is 54. The summed E-state index contributed by atoms with van der Waals surface area (Å²) in [5.74, 6) is -0.841. The summed E-state index contributed by atoms with van der Waals surface area (Å²) in [5, 5.41) is 0. The van der Waals surface area contributed by atoms with Crippen molar-refractivity contribution in [1.82, 2.24) is 0 Å². The van der Waals surface area contributed by atoms with Crippen molar-refractivity contribution in [3.8, 4) is 0 Å². The van der Waals surface area contributed by atoms with Crippen molar-refractivity contribution < 1.29 is 28.6 Å². The zero-order valence-electron chi connectivity index (χ0n) is 53.2. The lowest BCUT2D eigenvalue weighted by Crippen LogP contribution is -2.30. The van der Waals surface area contributed by atoms with Gasteiger partial charge in [0.2, 0.25) is 0 Å². The minimum Gasteiger partial charge on any atom is -0.462 e. The molecule has 462 valence electrons. The predicted octanol–water partition coefficient (Wildman–Crippen LogP) is 24.4. The first kappa shape index (κ1) is 76.1. The molecule has 0 bridgehead atoms. The van der Waals surface area contributed by atoms with Gasteiger partial charge in [0.05, 0.1) is 0 Å². The van der Waals surface area contributed by atoms with Crippen LogP contribution >= 0.6 is 0 Å². The normalized spacial score (nSPS) is 12.0. The first-order valence-corrected chi connectivity index (χ1v) is 35.7. The van der Waals surface area contributed by atoms with E-state index in [4.69, 9.17) is 14.2 Å². The summed E-state index contributed by atoms with van der Waals surface area (Å²) < 4.78 is 16.9. The van der Waals surface area contributed by atoms with Gasteiger partial charge in [-0.05, 0) is 44.9 Å². The average Bonchev–Trinajstić information content (AvgIpc) is 3.44. The second-order valence-electron chi connectivity index (χ2n) is 24.5. The Bertz CT molecular complexity index is 1210. The van der Waals surface area contributed by atoms with Crippen molar-refractivity contribution in [3.63, 3.8) is 0 Å². The third-order valence-corrected chi connectivity index (χ3v) is 16.5. The molecule has 0 aromatic rings. The van der Waals surface area contributed by atoms with E-state index in [9.17, 15) is 14.4 Å². The van der Waals surface area contributed by atoms with Gasteiger partial charge in [-0.2, -0.15) is 0 Å². The molecular formula is C72H138O6.